The van der Waals surface area contributed by atoms with Gasteiger partial charge in [-0.25, -0.2) is 0 Å². The Morgan fingerprint density at radius 3 is 2.36 bits per heavy atom. The number of hydrogen-bond donors (Lipinski definition) is 4. The van der Waals surface area contributed by atoms with Gasteiger partial charge in [0, 0.05) is 12.2 Å². The molecule has 0 heterocycles. The highest BCUT2D eigenvalue weighted by Gasteiger charge is 2.13. The minimum atomic E-state index is -0.932. The van der Waals surface area contributed by atoms with Crippen LogP contribution in [0.1, 0.15) is 19.3 Å². The Morgan fingerprint density at radius 1 is 1.29 bits per heavy atom. The molecule has 0 aromatic rings. The lowest BCUT2D eigenvalue weighted by molar-refractivity contribution is -0.139. The molecule has 5 nitrogen and oxygen atoms in total. The summed E-state index contributed by atoms with van der Waals surface area (Å²) < 4.78 is 0. The molecule has 0 aromatic carbocycles. The highest BCUT2D eigenvalue weighted by molar-refractivity contribution is 7.80. The van der Waals surface area contributed by atoms with E-state index in [4.69, 9.17) is 10.2 Å². The minimum Gasteiger partial charge on any atom is -0.481 e. The second-order valence-corrected chi connectivity index (χ2v) is 3.24. The maximum atomic E-state index is 10.5. The SMILES string of the molecule is O=C(O)CCCCN[C@H](CS)C(=O)O. The lowest BCUT2D eigenvalue weighted by atomic mass is 10.2. The monoisotopic (exact) mass is 221 g/mol. The van der Waals surface area contributed by atoms with Gasteiger partial charge in [0.25, 0.3) is 0 Å². The summed E-state index contributed by atoms with van der Waals surface area (Å²) in [5, 5.41) is 19.7. The molecular weight excluding hydrogens is 206 g/mol. The van der Waals surface area contributed by atoms with Crippen LogP contribution in [-0.2, 0) is 9.59 Å². The van der Waals surface area contributed by atoms with E-state index >= 15 is 0 Å². The predicted octanol–water partition coefficient (Wildman–Crippen LogP) is 0.214. The quantitative estimate of drug-likeness (QED) is 0.348. The number of carboxylic acid groups (broad SMARTS) is 2. The Kier molecular flexibility index (Phi) is 7.23. The molecule has 0 bridgehead atoms. The molecule has 0 unspecified atom stereocenters. The number of carbonyl (C=O) groups is 2. The predicted molar refractivity (Wildman–Crippen MR) is 54.8 cm³/mol. The van der Waals surface area contributed by atoms with Gasteiger partial charge in [-0.1, -0.05) is 0 Å². The molecule has 0 aliphatic rings. The maximum Gasteiger partial charge on any atom is 0.321 e. The molecule has 14 heavy (non-hydrogen) atoms. The largest absolute Gasteiger partial charge is 0.481 e. The van der Waals surface area contributed by atoms with E-state index in [1.165, 1.54) is 0 Å². The summed E-state index contributed by atoms with van der Waals surface area (Å²) in [6, 6.07) is -0.650. The molecule has 0 fully saturated rings. The highest BCUT2D eigenvalue weighted by atomic mass is 32.1. The number of thiol groups is 1. The van der Waals surface area contributed by atoms with Gasteiger partial charge in [-0.05, 0) is 19.4 Å². The van der Waals surface area contributed by atoms with Crippen LogP contribution >= 0.6 is 12.6 Å². The zero-order valence-corrected chi connectivity index (χ0v) is 8.67. The molecule has 0 saturated heterocycles. The van der Waals surface area contributed by atoms with Crippen molar-refractivity contribution >= 4 is 24.6 Å². The first kappa shape index (κ1) is 13.2. The Hall–Kier alpha value is -0.750. The van der Waals surface area contributed by atoms with Gasteiger partial charge in [0.1, 0.15) is 6.04 Å². The van der Waals surface area contributed by atoms with Crippen LogP contribution in [0.3, 0.4) is 0 Å². The van der Waals surface area contributed by atoms with Crippen molar-refractivity contribution in [1.29, 1.82) is 0 Å². The van der Waals surface area contributed by atoms with E-state index in [9.17, 15) is 9.59 Å². The number of rotatable bonds is 8. The van der Waals surface area contributed by atoms with Crippen molar-refractivity contribution < 1.29 is 19.8 Å². The van der Waals surface area contributed by atoms with E-state index in [1.807, 2.05) is 0 Å². The third-order valence-electron chi connectivity index (χ3n) is 1.69. The van der Waals surface area contributed by atoms with Crippen molar-refractivity contribution in [3.63, 3.8) is 0 Å². The number of hydrogen-bond acceptors (Lipinski definition) is 4. The summed E-state index contributed by atoms with van der Waals surface area (Å²) in [5.74, 6) is -1.53. The number of unbranched alkanes of at least 4 members (excludes halogenated alkanes) is 1. The Morgan fingerprint density at radius 2 is 1.93 bits per heavy atom. The molecule has 0 aliphatic carbocycles. The first-order chi connectivity index (χ1) is 6.57. The summed E-state index contributed by atoms with van der Waals surface area (Å²) >= 11 is 3.88. The third-order valence-corrected chi connectivity index (χ3v) is 2.05. The smallest absolute Gasteiger partial charge is 0.321 e. The van der Waals surface area contributed by atoms with E-state index < -0.39 is 18.0 Å². The van der Waals surface area contributed by atoms with E-state index in [1.54, 1.807) is 0 Å². The van der Waals surface area contributed by atoms with Crippen molar-refractivity contribution in [1.82, 2.24) is 5.32 Å². The molecule has 0 aliphatic heterocycles. The number of carboxylic acids is 2. The second-order valence-electron chi connectivity index (χ2n) is 2.88. The van der Waals surface area contributed by atoms with E-state index in [2.05, 4.69) is 17.9 Å². The van der Waals surface area contributed by atoms with Gasteiger partial charge in [0.15, 0.2) is 0 Å². The van der Waals surface area contributed by atoms with Crippen LogP contribution < -0.4 is 5.32 Å². The van der Waals surface area contributed by atoms with Gasteiger partial charge in [0.2, 0.25) is 0 Å². The number of aliphatic carboxylic acids is 2. The molecule has 0 saturated carbocycles. The molecule has 1 atom stereocenters. The fourth-order valence-electron chi connectivity index (χ4n) is 0.907. The molecule has 6 heteroatoms. The van der Waals surface area contributed by atoms with Crippen LogP contribution in [0, 0.1) is 0 Å². The minimum absolute atomic E-state index is 0.125. The lowest BCUT2D eigenvalue weighted by Crippen LogP contribution is -2.38. The molecule has 0 radical (unpaired) electrons. The first-order valence-electron chi connectivity index (χ1n) is 4.36. The highest BCUT2D eigenvalue weighted by Crippen LogP contribution is 1.95. The van der Waals surface area contributed by atoms with Gasteiger partial charge in [0.05, 0.1) is 0 Å². The summed E-state index contributed by atoms with van der Waals surface area (Å²) in [5.41, 5.74) is 0. The fraction of sp³-hybridized carbons (Fsp3) is 0.750. The van der Waals surface area contributed by atoms with Gasteiger partial charge < -0.3 is 15.5 Å². The van der Waals surface area contributed by atoms with Crippen molar-refractivity contribution in [3.05, 3.63) is 0 Å². The van der Waals surface area contributed by atoms with Crippen LogP contribution in [-0.4, -0.2) is 40.5 Å². The normalized spacial score (nSPS) is 12.4. The van der Waals surface area contributed by atoms with Crippen molar-refractivity contribution in [2.45, 2.75) is 25.3 Å². The van der Waals surface area contributed by atoms with Crippen LogP contribution in [0.15, 0.2) is 0 Å². The van der Waals surface area contributed by atoms with Gasteiger partial charge in [-0.15, -0.1) is 0 Å². The molecule has 0 rings (SSSR count). The van der Waals surface area contributed by atoms with Gasteiger partial charge in [-0.2, -0.15) is 12.6 Å². The zero-order chi connectivity index (χ0) is 11.0. The zero-order valence-electron chi connectivity index (χ0n) is 7.77. The van der Waals surface area contributed by atoms with E-state index in [0.717, 1.165) is 0 Å². The van der Waals surface area contributed by atoms with Gasteiger partial charge >= 0.3 is 11.9 Å². The standard InChI is InChI=1S/C8H15NO4S/c10-7(11)3-1-2-4-9-6(5-14)8(12)13/h6,9,14H,1-5H2,(H,10,11)(H,12,13)/t6-/m1/s1. The average Bonchev–Trinajstić information content (AvgIpc) is 2.10. The van der Waals surface area contributed by atoms with E-state index in [0.29, 0.717) is 19.4 Å². The summed E-state index contributed by atoms with van der Waals surface area (Å²) in [6.45, 7) is 0.505. The summed E-state index contributed by atoms with van der Waals surface area (Å²) in [4.78, 5) is 20.6. The van der Waals surface area contributed by atoms with Crippen molar-refractivity contribution in [2.24, 2.45) is 0 Å². The molecule has 82 valence electrons. The van der Waals surface area contributed by atoms with E-state index in [-0.39, 0.29) is 12.2 Å². The summed E-state index contributed by atoms with van der Waals surface area (Å²) in [7, 11) is 0. The van der Waals surface area contributed by atoms with Crippen LogP contribution in [0.2, 0.25) is 0 Å². The topological polar surface area (TPSA) is 86.6 Å². The van der Waals surface area contributed by atoms with Crippen LogP contribution in [0.4, 0.5) is 0 Å². The number of nitrogens with one attached hydrogen (secondary N) is 1. The molecular formula is C8H15NO4S. The molecule has 0 amide bonds. The summed E-state index contributed by atoms with van der Waals surface area (Å²) in [6.07, 6.45) is 1.34. The maximum absolute atomic E-state index is 10.5. The average molecular weight is 221 g/mol. The third kappa shape index (κ3) is 6.73. The van der Waals surface area contributed by atoms with Crippen LogP contribution in [0.5, 0.6) is 0 Å². The Bertz CT molecular complexity index is 198. The molecule has 3 N–H and O–H groups in total. The Labute approximate surface area is 87.9 Å². The molecule has 0 aromatic heterocycles. The first-order valence-corrected chi connectivity index (χ1v) is 5.00. The Balaban J connectivity index is 3.42. The fourth-order valence-corrected chi connectivity index (χ4v) is 1.19. The van der Waals surface area contributed by atoms with Crippen molar-refractivity contribution in [3.8, 4) is 0 Å². The van der Waals surface area contributed by atoms with Crippen molar-refractivity contribution in [2.75, 3.05) is 12.3 Å². The lowest BCUT2D eigenvalue weighted by Gasteiger charge is -2.10. The second kappa shape index (κ2) is 7.64. The van der Waals surface area contributed by atoms with Crippen LogP contribution in [0.25, 0.3) is 0 Å². The molecule has 0 spiro atoms. The van der Waals surface area contributed by atoms with Gasteiger partial charge in [-0.3, -0.25) is 9.59 Å².